The van der Waals surface area contributed by atoms with Crippen LogP contribution in [-0.2, 0) is 106 Å². The fraction of sp³-hybridized carbons (Fsp3) is 0.508. The number of nitrogen functional groups attached to an aromatic ring is 2. The predicted molar refractivity (Wildman–Crippen MR) is 382 cm³/mol. The number of Topliss-reactive ketones (excluding diaryl/α,β-unsaturated/α-hetero) is 1. The van der Waals surface area contributed by atoms with Crippen molar-refractivity contribution in [2.75, 3.05) is 95.5 Å². The number of fused-ring (bicyclic) bond motifs is 2. The van der Waals surface area contributed by atoms with E-state index >= 15 is 0 Å². The SMILES string of the molecule is CCCOC(=O)NCCOCCOCCCC(=O)c1ccc(C(=O)O)c(-c2c3ccc(=[NH+]C)c(S(=O)(=O)O)c-3oc3c(S(=O)(=O)O)c(N)ccc23)c1.CCS(=S)CO[C@H]1C[C@H](n2cc(C#CCCC(=O)OCCCCOCSSC(C)(C)C)c(N)nc2=O)O[C@@H]1COP(=O)(O)OP(=O)(O)OP(=O)(O)O. The summed E-state index contributed by atoms with van der Waals surface area (Å²) in [5, 5.41) is 12.5. The molecule has 3 aromatic rings. The number of carbonyl (C=O) groups excluding carboxylic acids is 3. The van der Waals surface area contributed by atoms with Crippen LogP contribution in [0.5, 0.6) is 0 Å². The maximum Gasteiger partial charge on any atom is 0.490 e. The molecule has 36 nitrogen and oxygen atoms in total. The van der Waals surface area contributed by atoms with Gasteiger partial charge in [-0.15, -0.1) is 0 Å². The number of unbranched alkanes of at least 4 members (excludes halogenated alkanes) is 1. The summed E-state index contributed by atoms with van der Waals surface area (Å²) in [4.78, 5) is 104. The van der Waals surface area contributed by atoms with E-state index in [1.165, 1.54) is 49.6 Å². The number of nitrogens with two attached hydrogens (primary N) is 2. The van der Waals surface area contributed by atoms with Crippen molar-refractivity contribution in [3.63, 3.8) is 0 Å². The maximum atomic E-state index is 13.3. The molecular weight excluding hydrogens is 1560 g/mol. The Kier molecular flexibility index (Phi) is 35.1. The average Bonchev–Trinajstić information content (AvgIpc) is 0.795. The number of esters is 1. The molecule has 13 N–H and O–H groups in total. The van der Waals surface area contributed by atoms with E-state index < -0.39 is 135 Å². The largest absolute Gasteiger partial charge is 0.490 e. The number of anilines is 2. The summed E-state index contributed by atoms with van der Waals surface area (Å²) in [6, 6.07) is 8.79. The summed E-state index contributed by atoms with van der Waals surface area (Å²) in [5.41, 5.74) is 9.45. The van der Waals surface area contributed by atoms with Crippen molar-refractivity contribution < 1.29 is 139 Å². The second-order valence-electron chi connectivity index (χ2n) is 22.8. The Morgan fingerprint density at radius 3 is 2.18 bits per heavy atom. The minimum atomic E-state index is -5.75. The summed E-state index contributed by atoms with van der Waals surface area (Å²) in [6.07, 6.45) is 0.104. The Morgan fingerprint density at radius 2 is 1.54 bits per heavy atom. The number of carboxylic acid groups (broad SMARTS) is 1. The van der Waals surface area contributed by atoms with Gasteiger partial charge in [0.2, 0.25) is 10.3 Å². The summed E-state index contributed by atoms with van der Waals surface area (Å²) in [5.74, 6) is 3.80. The third-order valence-corrected chi connectivity index (χ3v) is 24.5. The van der Waals surface area contributed by atoms with Crippen LogP contribution in [0, 0.1) is 11.8 Å². The number of amides is 1. The molecular formula is C59H82N6O30P3S6+. The lowest BCUT2D eigenvalue weighted by Gasteiger charge is -2.21. The molecule has 1 aliphatic carbocycles. The zero-order valence-corrected chi connectivity index (χ0v) is 64.4. The molecule has 104 heavy (non-hydrogen) atoms. The molecule has 6 atom stereocenters. The van der Waals surface area contributed by atoms with Gasteiger partial charge in [-0.05, 0) is 78.5 Å². The van der Waals surface area contributed by atoms with Crippen LogP contribution in [0.15, 0.2) is 67.7 Å². The van der Waals surface area contributed by atoms with Crippen molar-refractivity contribution in [2.45, 2.75) is 119 Å². The number of alkyl carbamates (subject to hydrolysis) is 1. The number of nitrogens with one attached hydrogen (secondary N) is 2. The van der Waals surface area contributed by atoms with Crippen molar-refractivity contribution in [3.05, 3.63) is 81.2 Å². The van der Waals surface area contributed by atoms with Crippen molar-refractivity contribution in [3.8, 4) is 34.3 Å². The number of ketones is 1. The molecule has 0 bridgehead atoms. The molecule has 0 spiro atoms. The highest BCUT2D eigenvalue weighted by atomic mass is 33.1. The number of benzene rings is 3. The van der Waals surface area contributed by atoms with E-state index in [9.17, 15) is 78.5 Å². The Hall–Kier alpha value is -5.65. The van der Waals surface area contributed by atoms with E-state index in [4.69, 9.17) is 74.5 Å². The van der Waals surface area contributed by atoms with E-state index in [1.807, 2.05) is 13.8 Å². The first-order valence-electron chi connectivity index (χ1n) is 31.3. The Bertz CT molecular complexity index is 4430. The fourth-order valence-electron chi connectivity index (χ4n) is 9.26. The number of hydrogen-bond acceptors (Lipinski definition) is 29. The van der Waals surface area contributed by atoms with E-state index in [-0.39, 0.29) is 132 Å². The summed E-state index contributed by atoms with van der Waals surface area (Å²) in [7, 11) is -22.9. The highest BCUT2D eigenvalue weighted by Crippen LogP contribution is 2.66. The zero-order valence-electron chi connectivity index (χ0n) is 56.9. The van der Waals surface area contributed by atoms with Gasteiger partial charge < -0.3 is 79.0 Å². The molecule has 2 aromatic carbocycles. The summed E-state index contributed by atoms with van der Waals surface area (Å²) >= 11 is 5.30. The van der Waals surface area contributed by atoms with Crippen LogP contribution in [0.25, 0.3) is 33.4 Å². The van der Waals surface area contributed by atoms with E-state index in [0.717, 1.165) is 17.1 Å². The topological polar surface area (TPSA) is 548 Å². The highest BCUT2D eigenvalue weighted by Gasteiger charge is 2.44. The van der Waals surface area contributed by atoms with Crippen LogP contribution in [0.3, 0.4) is 0 Å². The van der Waals surface area contributed by atoms with Crippen LogP contribution in [0.2, 0.25) is 0 Å². The Balaban J connectivity index is 0.000000374. The third-order valence-electron chi connectivity index (χ3n) is 13.7. The van der Waals surface area contributed by atoms with Crippen molar-refractivity contribution >= 4 is 132 Å². The molecule has 2 aliphatic heterocycles. The van der Waals surface area contributed by atoms with Gasteiger partial charge in [0, 0.05) is 78.1 Å². The van der Waals surface area contributed by atoms with Gasteiger partial charge in [-0.3, -0.25) is 27.8 Å². The van der Waals surface area contributed by atoms with E-state index in [2.05, 4.69) is 56.5 Å². The molecule has 3 unspecified atom stereocenters. The standard InChI is InChI=1S/C33H37N3O14S2.C26H44N3O16P3S4/c1-3-13-49-33(40)36-12-15-48-17-16-47-14-4-5-26(37)19-6-7-20(32(38)39)23(18-19)27-21-8-10-24(34)30(51(41,42)43)28(21)50-29-22(27)9-11-25(35-2)31(29)52(44,45)46;1-5-52(49)18-41-20-14-22(43-21(20)16-42-47(35,36)45-48(37,38)44-46(32,33)34)29-15-19(24(27)28-25(29)31)10-6-7-11-23(30)40-13-9-8-12-39-17-50-51-26(2,3)4/h6-11,18H,3-5,12-17,34H2,1-2H3,(H,36,40)(H,38,39)(H,41,42,43)(H,44,45,46);15,20-22H,5,7-9,11-14,16-18H2,1-4H3,(H,35,36)(H,37,38)(H2,27,28,31)(H2,32,33,34)/p+1/t;20-,21+,22+,52?/m.0/s1. The fourth-order valence-corrected chi connectivity index (χ4v) is 16.5. The number of nitrogens with zero attached hydrogens (tertiary/aromatic N) is 2. The average molecular weight is 1640 g/mol. The number of ether oxygens (including phenoxy) is 7. The first-order valence-corrected chi connectivity index (χ1v) is 43.5. The van der Waals surface area contributed by atoms with Crippen LogP contribution in [0.1, 0.15) is 118 Å². The molecule has 1 aromatic heterocycles. The van der Waals surface area contributed by atoms with Crippen LogP contribution in [-0.4, -0.2) is 185 Å². The number of phosphoric ester groups is 1. The second kappa shape index (κ2) is 41.1. The van der Waals surface area contributed by atoms with Gasteiger partial charge >= 0.3 is 57.3 Å². The van der Waals surface area contributed by atoms with Gasteiger partial charge in [0.05, 0.1) is 74.9 Å². The normalized spacial score (nSPS) is 16.5. The van der Waals surface area contributed by atoms with Gasteiger partial charge in [0.1, 0.15) is 31.1 Å². The maximum absolute atomic E-state index is 13.3. The van der Waals surface area contributed by atoms with Crippen LogP contribution >= 0.6 is 45.1 Å². The summed E-state index contributed by atoms with van der Waals surface area (Å²) in [6.45, 7) is 11.6. The monoisotopic (exact) mass is 1640 g/mol. The van der Waals surface area contributed by atoms with Crippen molar-refractivity contribution in [2.24, 2.45) is 0 Å². The molecule has 0 saturated carbocycles. The molecule has 0 radical (unpaired) electrons. The van der Waals surface area contributed by atoms with E-state index in [1.54, 1.807) is 21.6 Å². The first kappa shape index (κ1) is 89.0. The smallest absolute Gasteiger partial charge is 0.478 e. The van der Waals surface area contributed by atoms with Crippen molar-refractivity contribution in [1.29, 1.82) is 0 Å². The van der Waals surface area contributed by atoms with E-state index in [0.29, 0.717) is 37.7 Å². The Morgan fingerprint density at radius 1 is 0.856 bits per heavy atom. The molecule has 6 rings (SSSR count). The molecule has 1 amide bonds. The molecule has 1 saturated heterocycles. The van der Waals surface area contributed by atoms with Crippen LogP contribution in [0.4, 0.5) is 16.3 Å². The number of carbonyl (C=O) groups is 4. The molecule has 45 heteroatoms. The minimum absolute atomic E-state index is 0.00992. The molecule has 1 fully saturated rings. The lowest BCUT2D eigenvalue weighted by atomic mass is 9.88. The first-order chi connectivity index (χ1) is 48.7. The number of aromatic carboxylic acids is 1. The number of phosphoric acid groups is 3. The third kappa shape index (κ3) is 29.2. The minimum Gasteiger partial charge on any atom is -0.478 e. The quantitative estimate of drug-likeness (QED) is 0.00229. The van der Waals surface area contributed by atoms with Gasteiger partial charge in [-0.25, -0.2) is 33.1 Å². The van der Waals surface area contributed by atoms with Crippen molar-refractivity contribution in [1.82, 2.24) is 14.9 Å². The predicted octanol–water partition coefficient (Wildman–Crippen LogP) is 5.23. The molecule has 3 aliphatic rings. The molecule has 578 valence electrons. The number of aromatic nitrogens is 2. The number of carboxylic acids is 1. The highest BCUT2D eigenvalue weighted by molar-refractivity contribution is 8.77. The Labute approximate surface area is 612 Å². The zero-order chi connectivity index (χ0) is 77.4. The molecule has 3 heterocycles. The second-order valence-corrected chi connectivity index (χ2v) is 36.2. The van der Waals surface area contributed by atoms with Gasteiger partial charge in [-0.1, -0.05) is 83.6 Å². The van der Waals surface area contributed by atoms with Gasteiger partial charge in [0.25, 0.3) is 10.1 Å². The lowest BCUT2D eigenvalue weighted by Crippen LogP contribution is -2.72. The number of hydrogen-bond donors (Lipinski definition) is 11. The van der Waals surface area contributed by atoms with Crippen LogP contribution < -0.4 is 32.8 Å². The lowest BCUT2D eigenvalue weighted by molar-refractivity contribution is -0.467. The summed E-state index contributed by atoms with van der Waals surface area (Å²) < 4.78 is 163. The van der Waals surface area contributed by atoms with Gasteiger partial charge in [0.15, 0.2) is 22.0 Å². The van der Waals surface area contributed by atoms with Gasteiger partial charge in [-0.2, -0.15) is 30.4 Å². The number of rotatable bonds is 39.